The Balaban J connectivity index is 2.73. The summed E-state index contributed by atoms with van der Waals surface area (Å²) >= 11 is 3.23. The first-order chi connectivity index (χ1) is 6.63. The number of carbonyl (C=O) groups excluding carboxylic acids is 1. The maximum atomic E-state index is 13.3. The van der Waals surface area contributed by atoms with Crippen molar-refractivity contribution in [3.8, 4) is 0 Å². The van der Waals surface area contributed by atoms with Gasteiger partial charge >= 0.3 is 5.97 Å². The molecule has 2 nitrogen and oxygen atoms in total. The van der Waals surface area contributed by atoms with Crippen molar-refractivity contribution in [2.75, 3.05) is 0 Å². The molecule has 0 unspecified atom stereocenters. The topological polar surface area (TPSA) is 26.3 Å². The zero-order chi connectivity index (χ0) is 10.6. The highest BCUT2D eigenvalue weighted by Crippen LogP contribution is 2.13. The van der Waals surface area contributed by atoms with Crippen LogP contribution in [-0.2, 0) is 21.5 Å². The molecule has 0 amide bonds. The van der Waals surface area contributed by atoms with Gasteiger partial charge in [0.25, 0.3) is 0 Å². The molecule has 0 aliphatic carbocycles. The number of rotatable bonds is 3. The molecule has 0 saturated heterocycles. The highest BCUT2D eigenvalue weighted by Gasteiger charge is 2.04. The smallest absolute Gasteiger partial charge is 0.302 e. The summed E-state index contributed by atoms with van der Waals surface area (Å²) in [6.07, 6.45) is 0. The molecule has 0 bridgehead atoms. The summed E-state index contributed by atoms with van der Waals surface area (Å²) in [5, 5.41) is 0.609. The van der Waals surface area contributed by atoms with E-state index in [9.17, 15) is 9.18 Å². The Morgan fingerprint density at radius 3 is 2.79 bits per heavy atom. The van der Waals surface area contributed by atoms with Crippen LogP contribution in [0.4, 0.5) is 4.39 Å². The second kappa shape index (κ2) is 5.10. The Morgan fingerprint density at radius 1 is 1.57 bits per heavy atom. The average Bonchev–Trinajstić information content (AvgIpc) is 2.15. The van der Waals surface area contributed by atoms with Gasteiger partial charge in [0.1, 0.15) is 12.4 Å². The SMILES string of the molecule is CC(=O)OCc1ccc(CBr)cc1F. The lowest BCUT2D eigenvalue weighted by atomic mass is 10.1. The lowest BCUT2D eigenvalue weighted by molar-refractivity contribution is -0.142. The largest absolute Gasteiger partial charge is 0.461 e. The van der Waals surface area contributed by atoms with Crippen LogP contribution in [0.3, 0.4) is 0 Å². The van der Waals surface area contributed by atoms with Crippen molar-refractivity contribution in [1.29, 1.82) is 0 Å². The van der Waals surface area contributed by atoms with Crippen LogP contribution < -0.4 is 0 Å². The zero-order valence-corrected chi connectivity index (χ0v) is 9.30. The Labute approximate surface area is 90.2 Å². The number of carbonyl (C=O) groups is 1. The minimum Gasteiger partial charge on any atom is -0.461 e. The minimum absolute atomic E-state index is 0.0102. The van der Waals surface area contributed by atoms with Crippen molar-refractivity contribution in [3.05, 3.63) is 35.1 Å². The first-order valence-corrected chi connectivity index (χ1v) is 5.22. The zero-order valence-electron chi connectivity index (χ0n) is 7.72. The van der Waals surface area contributed by atoms with Crippen molar-refractivity contribution in [2.24, 2.45) is 0 Å². The van der Waals surface area contributed by atoms with Crippen LogP contribution in [0.2, 0.25) is 0 Å². The van der Waals surface area contributed by atoms with Crippen molar-refractivity contribution in [2.45, 2.75) is 18.9 Å². The summed E-state index contributed by atoms with van der Waals surface area (Å²) in [5.41, 5.74) is 1.25. The minimum atomic E-state index is -0.408. The van der Waals surface area contributed by atoms with Crippen molar-refractivity contribution in [3.63, 3.8) is 0 Å². The highest BCUT2D eigenvalue weighted by atomic mass is 79.9. The molecule has 0 saturated carbocycles. The van der Waals surface area contributed by atoms with Crippen molar-refractivity contribution < 1.29 is 13.9 Å². The van der Waals surface area contributed by atoms with E-state index >= 15 is 0 Å². The van der Waals surface area contributed by atoms with Gasteiger partial charge in [0.2, 0.25) is 0 Å². The predicted octanol–water partition coefficient (Wildman–Crippen LogP) is 2.78. The first-order valence-electron chi connectivity index (χ1n) is 4.10. The molecule has 76 valence electrons. The van der Waals surface area contributed by atoms with Crippen molar-refractivity contribution >= 4 is 21.9 Å². The first kappa shape index (κ1) is 11.2. The van der Waals surface area contributed by atoms with Gasteiger partial charge in [-0.25, -0.2) is 4.39 Å². The molecule has 0 heterocycles. The van der Waals surface area contributed by atoms with Crippen LogP contribution in [0.1, 0.15) is 18.1 Å². The average molecular weight is 261 g/mol. The molecular weight excluding hydrogens is 251 g/mol. The molecule has 0 aliphatic rings. The van der Waals surface area contributed by atoms with Gasteiger partial charge in [-0.1, -0.05) is 28.1 Å². The number of hydrogen-bond acceptors (Lipinski definition) is 2. The van der Waals surface area contributed by atoms with Gasteiger partial charge in [-0.2, -0.15) is 0 Å². The molecule has 14 heavy (non-hydrogen) atoms. The van der Waals surface area contributed by atoms with Gasteiger partial charge < -0.3 is 4.74 Å². The van der Waals surface area contributed by atoms with E-state index in [1.165, 1.54) is 13.0 Å². The van der Waals surface area contributed by atoms with Crippen LogP contribution in [0, 0.1) is 5.82 Å². The van der Waals surface area contributed by atoms with Gasteiger partial charge in [-0.05, 0) is 11.6 Å². The Bertz CT molecular complexity index is 339. The maximum absolute atomic E-state index is 13.3. The third-order valence-corrected chi connectivity index (χ3v) is 2.35. The van der Waals surface area contributed by atoms with Crippen LogP contribution in [0.25, 0.3) is 0 Å². The summed E-state index contributed by atoms with van der Waals surface area (Å²) < 4.78 is 18.0. The number of ether oxygens (including phenoxy) is 1. The van der Waals surface area contributed by atoms with E-state index in [1.54, 1.807) is 12.1 Å². The van der Waals surface area contributed by atoms with E-state index in [2.05, 4.69) is 15.9 Å². The van der Waals surface area contributed by atoms with Gasteiger partial charge in [0, 0.05) is 17.8 Å². The molecular formula is C10H10BrFO2. The Morgan fingerprint density at radius 2 is 2.29 bits per heavy atom. The Hall–Kier alpha value is -0.900. The van der Waals surface area contributed by atoms with Crippen LogP contribution in [0.5, 0.6) is 0 Å². The molecule has 1 aromatic carbocycles. The number of hydrogen-bond donors (Lipinski definition) is 0. The molecule has 0 N–H and O–H groups in total. The third kappa shape index (κ3) is 3.10. The van der Waals surface area contributed by atoms with E-state index in [4.69, 9.17) is 4.74 Å². The summed E-state index contributed by atoms with van der Waals surface area (Å²) in [6, 6.07) is 4.83. The summed E-state index contributed by atoms with van der Waals surface area (Å²) in [4.78, 5) is 10.5. The number of alkyl halides is 1. The molecule has 0 radical (unpaired) electrons. The predicted molar refractivity (Wildman–Crippen MR) is 54.5 cm³/mol. The second-order valence-corrected chi connectivity index (χ2v) is 3.40. The van der Waals surface area contributed by atoms with E-state index in [1.807, 2.05) is 0 Å². The van der Waals surface area contributed by atoms with E-state index in [0.717, 1.165) is 5.56 Å². The molecule has 0 fully saturated rings. The summed E-state index contributed by atoms with van der Waals surface area (Å²) in [6.45, 7) is 1.29. The number of esters is 1. The van der Waals surface area contributed by atoms with Gasteiger partial charge in [0.15, 0.2) is 0 Å². The third-order valence-electron chi connectivity index (χ3n) is 1.70. The van der Waals surface area contributed by atoms with Gasteiger partial charge in [-0.3, -0.25) is 4.79 Å². The normalized spacial score (nSPS) is 9.93. The lowest BCUT2D eigenvalue weighted by Gasteiger charge is -2.04. The van der Waals surface area contributed by atoms with Crippen LogP contribution in [0.15, 0.2) is 18.2 Å². The van der Waals surface area contributed by atoms with Gasteiger partial charge in [0.05, 0.1) is 0 Å². The fourth-order valence-electron chi connectivity index (χ4n) is 0.970. The molecule has 0 aromatic heterocycles. The van der Waals surface area contributed by atoms with Crippen LogP contribution in [-0.4, -0.2) is 5.97 Å². The maximum Gasteiger partial charge on any atom is 0.302 e. The van der Waals surface area contributed by atoms with E-state index < -0.39 is 5.97 Å². The summed E-state index contributed by atoms with van der Waals surface area (Å²) in [7, 11) is 0. The fourth-order valence-corrected chi connectivity index (χ4v) is 1.32. The molecule has 0 atom stereocenters. The standard InChI is InChI=1S/C10H10BrFO2/c1-7(13)14-6-9-3-2-8(5-11)4-10(9)12/h2-4H,5-6H2,1H3. The highest BCUT2D eigenvalue weighted by molar-refractivity contribution is 9.08. The monoisotopic (exact) mass is 260 g/mol. The quantitative estimate of drug-likeness (QED) is 0.617. The lowest BCUT2D eigenvalue weighted by Crippen LogP contribution is -2.01. The number of halogens is 2. The second-order valence-electron chi connectivity index (χ2n) is 2.84. The molecule has 0 spiro atoms. The van der Waals surface area contributed by atoms with Gasteiger partial charge in [-0.15, -0.1) is 0 Å². The molecule has 1 rings (SSSR count). The fraction of sp³-hybridized carbons (Fsp3) is 0.300. The van der Waals surface area contributed by atoms with E-state index in [-0.39, 0.29) is 12.4 Å². The van der Waals surface area contributed by atoms with Crippen molar-refractivity contribution in [1.82, 2.24) is 0 Å². The van der Waals surface area contributed by atoms with E-state index in [0.29, 0.717) is 10.9 Å². The molecule has 0 aliphatic heterocycles. The summed E-state index contributed by atoms with van der Waals surface area (Å²) in [5.74, 6) is -0.753. The number of benzene rings is 1. The van der Waals surface area contributed by atoms with Crippen LogP contribution >= 0.6 is 15.9 Å². The Kier molecular flexibility index (Phi) is 4.07. The molecule has 1 aromatic rings. The molecule has 4 heteroatoms.